The lowest BCUT2D eigenvalue weighted by molar-refractivity contribution is -0.142. The molecule has 1 aliphatic heterocycles. The molecule has 22 heavy (non-hydrogen) atoms. The molecular formula is C18H15NO3. The molecule has 0 aromatic heterocycles. The Morgan fingerprint density at radius 3 is 2.05 bits per heavy atom. The molecule has 0 spiro atoms. The molecule has 1 fully saturated rings. The number of fused-ring (bicyclic) bond motifs is 3. The fourth-order valence-corrected chi connectivity index (χ4v) is 3.71. The van der Waals surface area contributed by atoms with Crippen LogP contribution in [0.2, 0.25) is 0 Å². The minimum absolute atomic E-state index is 0.253. The first-order chi connectivity index (χ1) is 10.6. The SMILES string of the molecule is O=C1CC[C@H](C2(O)c3ccccc3-c3ccccc32)C(=O)N1. The Kier molecular flexibility index (Phi) is 2.71. The van der Waals surface area contributed by atoms with E-state index in [1.54, 1.807) is 0 Å². The minimum Gasteiger partial charge on any atom is -0.380 e. The van der Waals surface area contributed by atoms with Crippen LogP contribution in [-0.2, 0) is 15.2 Å². The highest BCUT2D eigenvalue weighted by atomic mass is 16.3. The summed E-state index contributed by atoms with van der Waals surface area (Å²) in [5.74, 6) is -1.33. The molecular weight excluding hydrogens is 278 g/mol. The third-order valence-corrected chi connectivity index (χ3v) is 4.71. The van der Waals surface area contributed by atoms with Crippen molar-refractivity contribution in [3.05, 3.63) is 59.7 Å². The van der Waals surface area contributed by atoms with E-state index in [1.807, 2.05) is 48.5 Å². The van der Waals surface area contributed by atoms with Gasteiger partial charge in [-0.25, -0.2) is 0 Å². The number of rotatable bonds is 1. The number of hydrogen-bond acceptors (Lipinski definition) is 3. The monoisotopic (exact) mass is 293 g/mol. The molecule has 1 aliphatic carbocycles. The predicted molar refractivity (Wildman–Crippen MR) is 80.8 cm³/mol. The van der Waals surface area contributed by atoms with Crippen molar-refractivity contribution >= 4 is 11.8 Å². The van der Waals surface area contributed by atoms with Crippen LogP contribution in [0.15, 0.2) is 48.5 Å². The second kappa shape index (κ2) is 4.52. The molecule has 1 heterocycles. The van der Waals surface area contributed by atoms with E-state index in [0.29, 0.717) is 6.42 Å². The maximum absolute atomic E-state index is 12.3. The number of hydrogen-bond donors (Lipinski definition) is 2. The maximum Gasteiger partial charge on any atom is 0.233 e. The fraction of sp³-hybridized carbons (Fsp3) is 0.222. The Morgan fingerprint density at radius 1 is 0.955 bits per heavy atom. The van der Waals surface area contributed by atoms with E-state index in [1.165, 1.54) is 0 Å². The lowest BCUT2D eigenvalue weighted by Gasteiger charge is -2.35. The third kappa shape index (κ3) is 1.61. The van der Waals surface area contributed by atoms with Gasteiger partial charge in [-0.05, 0) is 28.7 Å². The van der Waals surface area contributed by atoms with Gasteiger partial charge in [0.25, 0.3) is 0 Å². The van der Waals surface area contributed by atoms with Crippen LogP contribution in [0.3, 0.4) is 0 Å². The van der Waals surface area contributed by atoms with E-state index >= 15 is 0 Å². The predicted octanol–water partition coefficient (Wildman–Crippen LogP) is 1.96. The number of carbonyl (C=O) groups is 2. The first-order valence-electron chi connectivity index (χ1n) is 7.38. The van der Waals surface area contributed by atoms with Gasteiger partial charge in [0, 0.05) is 6.42 Å². The minimum atomic E-state index is -1.38. The molecule has 0 radical (unpaired) electrons. The Balaban J connectivity index is 1.94. The van der Waals surface area contributed by atoms with E-state index < -0.39 is 17.4 Å². The number of nitrogens with one attached hydrogen (secondary N) is 1. The highest BCUT2D eigenvalue weighted by Gasteiger charge is 2.51. The lowest BCUT2D eigenvalue weighted by atomic mass is 9.75. The summed E-state index contributed by atoms with van der Waals surface area (Å²) in [7, 11) is 0. The highest BCUT2D eigenvalue weighted by molar-refractivity contribution is 6.00. The zero-order chi connectivity index (χ0) is 15.3. The molecule has 2 N–H and O–H groups in total. The second-order valence-corrected chi connectivity index (χ2v) is 5.86. The van der Waals surface area contributed by atoms with Gasteiger partial charge in [0.1, 0.15) is 5.60 Å². The van der Waals surface area contributed by atoms with Crippen molar-refractivity contribution in [2.45, 2.75) is 18.4 Å². The average Bonchev–Trinajstić information content (AvgIpc) is 2.79. The molecule has 4 nitrogen and oxygen atoms in total. The Bertz CT molecular complexity index is 751. The van der Waals surface area contributed by atoms with Gasteiger partial charge < -0.3 is 5.11 Å². The van der Waals surface area contributed by atoms with Gasteiger partial charge in [-0.1, -0.05) is 48.5 Å². The van der Waals surface area contributed by atoms with Crippen molar-refractivity contribution in [3.63, 3.8) is 0 Å². The maximum atomic E-state index is 12.3. The van der Waals surface area contributed by atoms with Crippen LogP contribution in [0.4, 0.5) is 0 Å². The summed E-state index contributed by atoms with van der Waals surface area (Å²) in [6.07, 6.45) is 0.604. The largest absolute Gasteiger partial charge is 0.380 e. The lowest BCUT2D eigenvalue weighted by Crippen LogP contribution is -2.50. The molecule has 2 amide bonds. The number of amides is 2. The molecule has 0 saturated carbocycles. The van der Waals surface area contributed by atoms with Crippen LogP contribution >= 0.6 is 0 Å². The van der Waals surface area contributed by atoms with Gasteiger partial charge in [-0.3, -0.25) is 14.9 Å². The van der Waals surface area contributed by atoms with Gasteiger partial charge in [-0.2, -0.15) is 0 Å². The van der Waals surface area contributed by atoms with Gasteiger partial charge >= 0.3 is 0 Å². The summed E-state index contributed by atoms with van der Waals surface area (Å²) in [4.78, 5) is 23.7. The van der Waals surface area contributed by atoms with Crippen molar-refractivity contribution in [2.75, 3.05) is 0 Å². The smallest absolute Gasteiger partial charge is 0.233 e. The topological polar surface area (TPSA) is 66.4 Å². The van der Waals surface area contributed by atoms with Crippen LogP contribution in [0, 0.1) is 5.92 Å². The molecule has 2 aromatic rings. The molecule has 1 atom stereocenters. The summed E-state index contributed by atoms with van der Waals surface area (Å²) in [6.45, 7) is 0. The van der Waals surface area contributed by atoms with E-state index in [-0.39, 0.29) is 12.3 Å². The molecule has 110 valence electrons. The number of imide groups is 1. The molecule has 0 unspecified atom stereocenters. The summed E-state index contributed by atoms with van der Waals surface area (Å²) in [6, 6.07) is 15.2. The van der Waals surface area contributed by atoms with Crippen LogP contribution in [0.25, 0.3) is 11.1 Å². The van der Waals surface area contributed by atoms with E-state index in [2.05, 4.69) is 5.32 Å². The Morgan fingerprint density at radius 2 is 1.50 bits per heavy atom. The second-order valence-electron chi connectivity index (χ2n) is 5.86. The molecule has 2 aliphatic rings. The number of benzene rings is 2. The Hall–Kier alpha value is -2.46. The van der Waals surface area contributed by atoms with E-state index in [4.69, 9.17) is 0 Å². The van der Waals surface area contributed by atoms with E-state index in [0.717, 1.165) is 22.3 Å². The van der Waals surface area contributed by atoms with Crippen molar-refractivity contribution in [2.24, 2.45) is 5.92 Å². The zero-order valence-corrected chi connectivity index (χ0v) is 11.9. The zero-order valence-electron chi connectivity index (χ0n) is 11.9. The highest BCUT2D eigenvalue weighted by Crippen LogP contribution is 2.52. The fourth-order valence-electron chi connectivity index (χ4n) is 3.71. The van der Waals surface area contributed by atoms with Crippen LogP contribution in [0.5, 0.6) is 0 Å². The summed E-state index contributed by atoms with van der Waals surface area (Å²) in [5, 5.41) is 13.9. The van der Waals surface area contributed by atoms with Crippen LogP contribution in [0.1, 0.15) is 24.0 Å². The van der Waals surface area contributed by atoms with Crippen LogP contribution < -0.4 is 5.32 Å². The van der Waals surface area contributed by atoms with E-state index in [9.17, 15) is 14.7 Å². The first kappa shape index (κ1) is 13.2. The van der Waals surface area contributed by atoms with Crippen LogP contribution in [-0.4, -0.2) is 16.9 Å². The van der Waals surface area contributed by atoms with Crippen molar-refractivity contribution in [1.29, 1.82) is 0 Å². The standard InChI is InChI=1S/C18H15NO3/c20-16-10-9-15(17(21)19-16)18(22)13-7-3-1-5-11(13)12-6-2-4-8-14(12)18/h1-8,15,22H,9-10H2,(H,19,20,21)/t15-/m0/s1. The van der Waals surface area contributed by atoms with Crippen molar-refractivity contribution < 1.29 is 14.7 Å². The molecule has 4 rings (SSSR count). The number of aliphatic hydroxyl groups is 1. The quantitative estimate of drug-likeness (QED) is 0.790. The van der Waals surface area contributed by atoms with Gasteiger partial charge in [0.05, 0.1) is 5.92 Å². The number of piperidine rings is 1. The van der Waals surface area contributed by atoms with Crippen molar-refractivity contribution in [1.82, 2.24) is 5.32 Å². The molecule has 4 heteroatoms. The van der Waals surface area contributed by atoms with Crippen molar-refractivity contribution in [3.8, 4) is 11.1 Å². The summed E-state index contributed by atoms with van der Waals surface area (Å²) >= 11 is 0. The van der Waals surface area contributed by atoms with Gasteiger partial charge in [0.15, 0.2) is 0 Å². The number of carbonyl (C=O) groups excluding carboxylic acids is 2. The summed E-state index contributed by atoms with van der Waals surface area (Å²) in [5.41, 5.74) is 2.00. The third-order valence-electron chi connectivity index (χ3n) is 4.71. The first-order valence-corrected chi connectivity index (χ1v) is 7.38. The molecule has 2 aromatic carbocycles. The normalized spacial score (nSPS) is 22.0. The molecule has 1 saturated heterocycles. The van der Waals surface area contributed by atoms with Gasteiger partial charge in [-0.15, -0.1) is 0 Å². The summed E-state index contributed by atoms with van der Waals surface area (Å²) < 4.78 is 0. The Labute approximate surface area is 127 Å². The van der Waals surface area contributed by atoms with Gasteiger partial charge in [0.2, 0.25) is 11.8 Å². The molecule has 0 bridgehead atoms. The average molecular weight is 293 g/mol.